The number of nitrogens with zero attached hydrogens (tertiary/aromatic N) is 1. The van der Waals surface area contributed by atoms with E-state index in [4.69, 9.17) is 4.74 Å². The monoisotopic (exact) mass is 329 g/mol. The van der Waals surface area contributed by atoms with Gasteiger partial charge in [0, 0.05) is 11.5 Å². The summed E-state index contributed by atoms with van der Waals surface area (Å²) in [5.74, 6) is 0.954. The molecule has 0 bridgehead atoms. The Balaban J connectivity index is 1.97. The van der Waals surface area contributed by atoms with Gasteiger partial charge >= 0.3 is 5.97 Å². The molecule has 2 unspecified atom stereocenters. The Morgan fingerprint density at radius 3 is 2.10 bits per heavy atom. The first-order valence-corrected chi connectivity index (χ1v) is 9.41. The molecule has 21 heavy (non-hydrogen) atoms. The Morgan fingerprint density at radius 2 is 1.62 bits per heavy atom. The van der Waals surface area contributed by atoms with Crippen LogP contribution in [-0.4, -0.2) is 57.3 Å². The smallest absolute Gasteiger partial charge is 0.332 e. The van der Waals surface area contributed by atoms with Crippen LogP contribution >= 0.6 is 23.5 Å². The van der Waals surface area contributed by atoms with E-state index in [1.165, 1.54) is 12.0 Å². The Hall–Kier alpha value is -0.690. The summed E-state index contributed by atoms with van der Waals surface area (Å²) in [5, 5.41) is -0.639. The topological polar surface area (TPSA) is 63.7 Å². The van der Waals surface area contributed by atoms with Crippen molar-refractivity contribution in [2.24, 2.45) is 0 Å². The molecule has 0 aromatic carbocycles. The van der Waals surface area contributed by atoms with E-state index in [-0.39, 0.29) is 22.3 Å². The number of carbonyl (C=O) groups excluding carboxylic acids is 3. The SMILES string of the molecule is COC(=O)C1(N2C(=O)C3SCCSC3C2=O)CCCCC1. The number of hydrogen-bond donors (Lipinski definition) is 0. The van der Waals surface area contributed by atoms with Gasteiger partial charge in [-0.25, -0.2) is 4.79 Å². The van der Waals surface area contributed by atoms with Crippen LogP contribution in [0.25, 0.3) is 0 Å². The standard InChI is InChI=1S/C14H19NO4S2/c1-19-13(18)14(5-3-2-4-6-14)15-11(16)9-10(12(15)17)21-8-7-20-9/h9-10H,2-8H2,1H3. The molecule has 3 rings (SSSR count). The average Bonchev–Trinajstić information content (AvgIpc) is 2.79. The predicted octanol–water partition coefficient (Wildman–Crippen LogP) is 1.45. The van der Waals surface area contributed by atoms with E-state index in [1.807, 2.05) is 0 Å². The molecule has 0 aromatic heterocycles. The van der Waals surface area contributed by atoms with Gasteiger partial charge in [0.05, 0.1) is 7.11 Å². The van der Waals surface area contributed by atoms with Gasteiger partial charge in [0.25, 0.3) is 0 Å². The van der Waals surface area contributed by atoms with E-state index < -0.39 is 11.5 Å². The van der Waals surface area contributed by atoms with Crippen molar-refractivity contribution in [3.05, 3.63) is 0 Å². The second-order valence-electron chi connectivity index (χ2n) is 5.68. The number of ether oxygens (including phenoxy) is 1. The number of methoxy groups -OCH3 is 1. The van der Waals surface area contributed by atoms with Gasteiger partial charge in [-0.2, -0.15) is 0 Å². The summed E-state index contributed by atoms with van der Waals surface area (Å²) in [6.07, 6.45) is 3.80. The number of carbonyl (C=O) groups is 3. The van der Waals surface area contributed by atoms with Crippen LogP contribution in [0.3, 0.4) is 0 Å². The Kier molecular flexibility index (Phi) is 4.23. The van der Waals surface area contributed by atoms with Gasteiger partial charge in [0.1, 0.15) is 16.0 Å². The Bertz CT molecular complexity index is 452. The van der Waals surface area contributed by atoms with E-state index in [0.29, 0.717) is 12.8 Å². The molecule has 3 aliphatic rings. The molecule has 7 heteroatoms. The van der Waals surface area contributed by atoms with Gasteiger partial charge in [-0.15, -0.1) is 23.5 Å². The maximum Gasteiger partial charge on any atom is 0.332 e. The van der Waals surface area contributed by atoms with Crippen molar-refractivity contribution in [2.45, 2.75) is 48.1 Å². The van der Waals surface area contributed by atoms with E-state index in [2.05, 4.69) is 0 Å². The van der Waals surface area contributed by atoms with E-state index in [0.717, 1.165) is 30.8 Å². The highest BCUT2D eigenvalue weighted by atomic mass is 32.2. The number of fused-ring (bicyclic) bond motifs is 1. The number of rotatable bonds is 2. The molecule has 2 amide bonds. The van der Waals surface area contributed by atoms with Crippen molar-refractivity contribution in [2.75, 3.05) is 18.6 Å². The first-order chi connectivity index (χ1) is 10.1. The normalized spacial score (nSPS) is 32.0. The number of amides is 2. The minimum absolute atomic E-state index is 0.186. The molecule has 0 N–H and O–H groups in total. The molecule has 1 aliphatic carbocycles. The molecule has 1 saturated carbocycles. The van der Waals surface area contributed by atoms with Crippen LogP contribution in [0.1, 0.15) is 32.1 Å². The van der Waals surface area contributed by atoms with Crippen molar-refractivity contribution < 1.29 is 19.1 Å². The molecule has 2 heterocycles. The van der Waals surface area contributed by atoms with Gasteiger partial charge < -0.3 is 4.74 Å². The van der Waals surface area contributed by atoms with E-state index in [1.54, 1.807) is 23.5 Å². The van der Waals surface area contributed by atoms with Crippen molar-refractivity contribution in [3.8, 4) is 0 Å². The van der Waals surface area contributed by atoms with Gasteiger partial charge in [-0.05, 0) is 12.8 Å². The first-order valence-electron chi connectivity index (χ1n) is 7.31. The zero-order chi connectivity index (χ0) is 15.0. The summed E-state index contributed by atoms with van der Waals surface area (Å²) in [5.41, 5.74) is -1.06. The quantitative estimate of drug-likeness (QED) is 0.564. The van der Waals surface area contributed by atoms with Crippen molar-refractivity contribution >= 4 is 41.3 Å². The molecule has 2 saturated heterocycles. The number of imide groups is 1. The van der Waals surface area contributed by atoms with Crippen LogP contribution in [-0.2, 0) is 19.1 Å². The number of thioether (sulfide) groups is 2. The third kappa shape index (κ3) is 2.29. The van der Waals surface area contributed by atoms with Crippen LogP contribution in [0.5, 0.6) is 0 Å². The van der Waals surface area contributed by atoms with E-state index >= 15 is 0 Å². The Morgan fingerprint density at radius 1 is 1.10 bits per heavy atom. The van der Waals surface area contributed by atoms with Crippen molar-refractivity contribution in [1.29, 1.82) is 0 Å². The minimum atomic E-state index is -1.06. The van der Waals surface area contributed by atoms with Crippen molar-refractivity contribution in [1.82, 2.24) is 4.90 Å². The molecule has 0 spiro atoms. The molecule has 116 valence electrons. The zero-order valence-electron chi connectivity index (χ0n) is 12.0. The van der Waals surface area contributed by atoms with Crippen LogP contribution < -0.4 is 0 Å². The lowest BCUT2D eigenvalue weighted by atomic mass is 9.80. The van der Waals surface area contributed by atoms with Crippen LogP contribution in [0.4, 0.5) is 0 Å². The van der Waals surface area contributed by atoms with Gasteiger partial charge in [0.15, 0.2) is 0 Å². The second-order valence-corrected chi connectivity index (χ2v) is 8.18. The fourth-order valence-electron chi connectivity index (χ4n) is 3.56. The molecule has 2 atom stereocenters. The van der Waals surface area contributed by atoms with E-state index in [9.17, 15) is 14.4 Å². The number of hydrogen-bond acceptors (Lipinski definition) is 6. The molecule has 2 aliphatic heterocycles. The third-order valence-corrected chi connectivity index (χ3v) is 7.53. The molecule has 3 fully saturated rings. The largest absolute Gasteiger partial charge is 0.467 e. The highest BCUT2D eigenvalue weighted by Gasteiger charge is 2.60. The molecule has 5 nitrogen and oxygen atoms in total. The van der Waals surface area contributed by atoms with Crippen LogP contribution in [0, 0.1) is 0 Å². The molecular weight excluding hydrogens is 310 g/mol. The lowest BCUT2D eigenvalue weighted by Gasteiger charge is -2.40. The lowest BCUT2D eigenvalue weighted by molar-refractivity contribution is -0.167. The summed E-state index contributed by atoms with van der Waals surface area (Å²) in [4.78, 5) is 39.1. The fourth-order valence-corrected chi connectivity index (χ4v) is 6.38. The first kappa shape index (κ1) is 15.2. The average molecular weight is 329 g/mol. The van der Waals surface area contributed by atoms with Gasteiger partial charge in [-0.1, -0.05) is 19.3 Å². The van der Waals surface area contributed by atoms with Crippen molar-refractivity contribution in [3.63, 3.8) is 0 Å². The second kappa shape index (κ2) is 5.83. The summed E-state index contributed by atoms with van der Waals surface area (Å²) in [6.45, 7) is 0. The maximum atomic E-state index is 12.7. The fraction of sp³-hybridized carbons (Fsp3) is 0.786. The molecule has 0 aromatic rings. The highest BCUT2D eigenvalue weighted by molar-refractivity contribution is 8.08. The third-order valence-electron chi connectivity index (χ3n) is 4.55. The summed E-state index contributed by atoms with van der Waals surface area (Å²) in [6, 6.07) is 0. The summed E-state index contributed by atoms with van der Waals surface area (Å²) >= 11 is 3.09. The highest BCUT2D eigenvalue weighted by Crippen LogP contribution is 2.44. The van der Waals surface area contributed by atoms with Crippen LogP contribution in [0.2, 0.25) is 0 Å². The number of esters is 1. The van der Waals surface area contributed by atoms with Gasteiger partial charge in [0.2, 0.25) is 11.8 Å². The number of likely N-dealkylation sites (tertiary alicyclic amines) is 1. The summed E-state index contributed by atoms with van der Waals surface area (Å²) in [7, 11) is 1.33. The van der Waals surface area contributed by atoms with Crippen LogP contribution in [0.15, 0.2) is 0 Å². The summed E-state index contributed by atoms with van der Waals surface area (Å²) < 4.78 is 4.96. The minimum Gasteiger partial charge on any atom is -0.467 e. The lowest BCUT2D eigenvalue weighted by Crippen LogP contribution is -2.59. The van der Waals surface area contributed by atoms with Gasteiger partial charge in [-0.3, -0.25) is 14.5 Å². The molecular formula is C14H19NO4S2. The zero-order valence-corrected chi connectivity index (χ0v) is 13.6. The predicted molar refractivity (Wildman–Crippen MR) is 82.2 cm³/mol. The Labute approximate surface area is 132 Å². The molecule has 0 radical (unpaired) electrons. The maximum absolute atomic E-state index is 12.7.